The van der Waals surface area contributed by atoms with E-state index in [0.29, 0.717) is 23.7 Å². The van der Waals surface area contributed by atoms with Gasteiger partial charge in [0.2, 0.25) is 0 Å². The van der Waals surface area contributed by atoms with Gasteiger partial charge in [-0.25, -0.2) is 0 Å². The van der Waals surface area contributed by atoms with Crippen LogP contribution in [0.5, 0.6) is 5.75 Å². The molecule has 3 heterocycles. The highest BCUT2D eigenvalue weighted by atomic mass is 35.5. The minimum absolute atomic E-state index is 0.0290. The third-order valence-corrected chi connectivity index (χ3v) is 5.17. The second-order valence-electron chi connectivity index (χ2n) is 7.01. The van der Waals surface area contributed by atoms with Gasteiger partial charge in [-0.2, -0.15) is 10.2 Å². The molecule has 0 radical (unpaired) electrons. The molecule has 0 saturated carbocycles. The molecule has 1 saturated heterocycles. The van der Waals surface area contributed by atoms with Crippen molar-refractivity contribution < 1.29 is 9.53 Å². The molecule has 7 nitrogen and oxygen atoms in total. The number of hydrogen-bond donors (Lipinski definition) is 1. The fourth-order valence-electron chi connectivity index (χ4n) is 3.45. The molecule has 28 heavy (non-hydrogen) atoms. The highest BCUT2D eigenvalue weighted by Crippen LogP contribution is 2.27. The summed E-state index contributed by atoms with van der Waals surface area (Å²) in [5.74, 6) is 1.04. The zero-order chi connectivity index (χ0) is 19.5. The predicted octanol–water partition coefficient (Wildman–Crippen LogP) is 3.05. The first-order valence-electron chi connectivity index (χ1n) is 9.29. The number of benzene rings is 1. The van der Waals surface area contributed by atoms with Crippen LogP contribution in [0.2, 0.25) is 5.02 Å². The third-order valence-electron chi connectivity index (χ3n) is 4.93. The molecule has 1 aliphatic heterocycles. The maximum absolute atomic E-state index is 12.6. The van der Waals surface area contributed by atoms with Crippen molar-refractivity contribution in [1.82, 2.24) is 24.9 Å². The van der Waals surface area contributed by atoms with Gasteiger partial charge in [0.05, 0.1) is 24.1 Å². The molecule has 1 fully saturated rings. The Balaban J connectivity index is 1.30. The zero-order valence-corrected chi connectivity index (χ0v) is 16.4. The summed E-state index contributed by atoms with van der Waals surface area (Å²) in [5, 5.41) is 12.3. The van der Waals surface area contributed by atoms with Gasteiger partial charge in [0.1, 0.15) is 5.75 Å². The molecule has 1 atom stereocenters. The molecule has 2 aromatic heterocycles. The number of aromatic nitrogens is 4. The molecule has 1 aromatic carbocycles. The van der Waals surface area contributed by atoms with Crippen LogP contribution in [0.4, 0.5) is 0 Å². The van der Waals surface area contributed by atoms with Crippen LogP contribution in [0.15, 0.2) is 42.7 Å². The van der Waals surface area contributed by atoms with Crippen LogP contribution < -0.4 is 4.74 Å². The quantitative estimate of drug-likeness (QED) is 0.691. The minimum Gasteiger partial charge on any atom is -0.493 e. The van der Waals surface area contributed by atoms with Crippen LogP contribution >= 0.6 is 11.6 Å². The smallest absolute Gasteiger partial charge is 0.257 e. The highest BCUT2D eigenvalue weighted by molar-refractivity contribution is 6.30. The molecular formula is C20H22ClN5O2. The largest absolute Gasteiger partial charge is 0.493 e. The van der Waals surface area contributed by atoms with Crippen molar-refractivity contribution in [2.24, 2.45) is 7.05 Å². The second kappa shape index (κ2) is 8.06. The van der Waals surface area contributed by atoms with E-state index in [1.807, 2.05) is 30.1 Å². The molecule has 4 rings (SSSR count). The third kappa shape index (κ3) is 4.20. The molecule has 1 aliphatic rings. The van der Waals surface area contributed by atoms with Crippen molar-refractivity contribution in [1.29, 1.82) is 0 Å². The van der Waals surface area contributed by atoms with E-state index < -0.39 is 0 Å². The van der Waals surface area contributed by atoms with E-state index in [0.717, 1.165) is 36.5 Å². The molecule has 1 N–H and O–H groups in total. The number of rotatable bonds is 6. The van der Waals surface area contributed by atoms with E-state index in [9.17, 15) is 4.79 Å². The van der Waals surface area contributed by atoms with E-state index in [-0.39, 0.29) is 11.8 Å². The SMILES string of the molecule is Cn1cc(C(=O)N2CC[C@@H](c3cc(CCOc4cccc(Cl)c4)[nH]n3)C2)cn1. The van der Waals surface area contributed by atoms with E-state index >= 15 is 0 Å². The molecule has 0 bridgehead atoms. The lowest BCUT2D eigenvalue weighted by Gasteiger charge is -2.14. The van der Waals surface area contributed by atoms with E-state index in [4.69, 9.17) is 16.3 Å². The molecule has 0 spiro atoms. The molecule has 8 heteroatoms. The molecule has 146 valence electrons. The average molecular weight is 400 g/mol. The first kappa shape index (κ1) is 18.6. The summed E-state index contributed by atoms with van der Waals surface area (Å²) in [5.41, 5.74) is 2.65. The van der Waals surface area contributed by atoms with Crippen LogP contribution in [0.1, 0.15) is 34.1 Å². The van der Waals surface area contributed by atoms with Crippen LogP contribution in [0.25, 0.3) is 0 Å². The molecule has 0 unspecified atom stereocenters. The monoisotopic (exact) mass is 399 g/mol. The zero-order valence-electron chi connectivity index (χ0n) is 15.6. The Hall–Kier alpha value is -2.80. The number of ether oxygens (including phenoxy) is 1. The summed E-state index contributed by atoms with van der Waals surface area (Å²) in [4.78, 5) is 14.4. The number of H-pyrrole nitrogens is 1. The van der Waals surface area contributed by atoms with Crippen molar-refractivity contribution in [2.75, 3.05) is 19.7 Å². The molecular weight excluding hydrogens is 378 g/mol. The van der Waals surface area contributed by atoms with Crippen molar-refractivity contribution in [2.45, 2.75) is 18.8 Å². The normalized spacial score (nSPS) is 16.5. The lowest BCUT2D eigenvalue weighted by Crippen LogP contribution is -2.28. The second-order valence-corrected chi connectivity index (χ2v) is 7.45. The fourth-order valence-corrected chi connectivity index (χ4v) is 3.63. The number of carbonyl (C=O) groups excluding carboxylic acids is 1. The molecule has 1 amide bonds. The summed E-state index contributed by atoms with van der Waals surface area (Å²) in [7, 11) is 1.81. The topological polar surface area (TPSA) is 76.0 Å². The summed E-state index contributed by atoms with van der Waals surface area (Å²) >= 11 is 5.96. The van der Waals surface area contributed by atoms with Gasteiger partial charge in [-0.15, -0.1) is 0 Å². The van der Waals surface area contributed by atoms with Crippen molar-refractivity contribution >= 4 is 17.5 Å². The number of likely N-dealkylation sites (tertiary alicyclic amines) is 1. The van der Waals surface area contributed by atoms with Crippen LogP contribution in [0.3, 0.4) is 0 Å². The lowest BCUT2D eigenvalue weighted by molar-refractivity contribution is 0.0790. The number of aryl methyl sites for hydroxylation is 1. The number of nitrogens with zero attached hydrogens (tertiary/aromatic N) is 4. The van der Waals surface area contributed by atoms with Gasteiger partial charge in [-0.05, 0) is 30.7 Å². The Labute approximate surface area is 168 Å². The average Bonchev–Trinajstić information content (AvgIpc) is 3.41. The van der Waals surface area contributed by atoms with Gasteiger partial charge in [0.25, 0.3) is 5.91 Å². The number of halogens is 1. The maximum Gasteiger partial charge on any atom is 0.257 e. The van der Waals surface area contributed by atoms with Crippen molar-refractivity contribution in [3.63, 3.8) is 0 Å². The van der Waals surface area contributed by atoms with Crippen molar-refractivity contribution in [3.8, 4) is 5.75 Å². The van der Waals surface area contributed by atoms with E-state index in [2.05, 4.69) is 21.4 Å². The minimum atomic E-state index is 0.0290. The van der Waals surface area contributed by atoms with Crippen LogP contribution in [-0.4, -0.2) is 50.5 Å². The highest BCUT2D eigenvalue weighted by Gasteiger charge is 2.29. The van der Waals surface area contributed by atoms with Gasteiger partial charge in [-0.1, -0.05) is 17.7 Å². The van der Waals surface area contributed by atoms with Gasteiger partial charge in [0, 0.05) is 49.4 Å². The number of aromatic amines is 1. The van der Waals surface area contributed by atoms with Gasteiger partial charge in [0.15, 0.2) is 0 Å². The number of hydrogen-bond acceptors (Lipinski definition) is 4. The number of carbonyl (C=O) groups is 1. The number of amides is 1. The summed E-state index contributed by atoms with van der Waals surface area (Å²) in [6, 6.07) is 9.44. The molecule has 3 aromatic rings. The predicted molar refractivity (Wildman–Crippen MR) is 106 cm³/mol. The van der Waals surface area contributed by atoms with E-state index in [1.165, 1.54) is 0 Å². The Morgan fingerprint density at radius 3 is 3.07 bits per heavy atom. The van der Waals surface area contributed by atoms with Crippen molar-refractivity contribution in [3.05, 3.63) is 64.7 Å². The van der Waals surface area contributed by atoms with Gasteiger partial charge < -0.3 is 9.64 Å². The summed E-state index contributed by atoms with van der Waals surface area (Å²) < 4.78 is 7.38. The Kier molecular flexibility index (Phi) is 5.34. The summed E-state index contributed by atoms with van der Waals surface area (Å²) in [6.45, 7) is 1.95. The molecule has 0 aliphatic carbocycles. The first-order chi connectivity index (χ1) is 13.6. The Morgan fingerprint density at radius 1 is 1.39 bits per heavy atom. The lowest BCUT2D eigenvalue weighted by atomic mass is 10.0. The Bertz CT molecular complexity index is 967. The standard InChI is InChI=1S/C20H22ClN5O2/c1-25-12-15(11-22-25)20(27)26-7-5-14(13-26)19-10-17(23-24-19)6-8-28-18-4-2-3-16(21)9-18/h2-4,9-12,14H,5-8,13H2,1H3,(H,23,24)/t14-/m1/s1. The number of nitrogens with one attached hydrogen (secondary N) is 1. The van der Waals surface area contributed by atoms with E-state index in [1.54, 1.807) is 23.1 Å². The fraction of sp³-hybridized carbons (Fsp3) is 0.350. The van der Waals surface area contributed by atoms with Crippen LogP contribution in [-0.2, 0) is 13.5 Å². The van der Waals surface area contributed by atoms with Gasteiger partial charge >= 0.3 is 0 Å². The van der Waals surface area contributed by atoms with Gasteiger partial charge in [-0.3, -0.25) is 14.6 Å². The van der Waals surface area contributed by atoms with Crippen LogP contribution in [0, 0.1) is 0 Å². The Morgan fingerprint density at radius 2 is 2.29 bits per heavy atom. The first-order valence-corrected chi connectivity index (χ1v) is 9.67. The maximum atomic E-state index is 12.6. The summed E-state index contributed by atoms with van der Waals surface area (Å²) in [6.07, 6.45) is 5.00.